The minimum Gasteiger partial charge on any atom is -0.369 e. The molecule has 1 aliphatic carbocycles. The average Bonchev–Trinajstić information content (AvgIpc) is 2.54. The number of aromatic amines is 2. The molecule has 0 atom stereocenters. The normalized spacial score (nSPS) is 16.5. The van der Waals surface area contributed by atoms with Gasteiger partial charge >= 0.3 is 0 Å². The van der Waals surface area contributed by atoms with E-state index in [0.29, 0.717) is 17.1 Å². The first-order chi connectivity index (χ1) is 7.72. The van der Waals surface area contributed by atoms with E-state index < -0.39 is 0 Å². The molecule has 16 heavy (non-hydrogen) atoms. The predicted octanol–water partition coefficient (Wildman–Crippen LogP) is 0.571. The Hall–Kier alpha value is -1.85. The molecule has 6 heteroatoms. The number of anilines is 1. The SMILES string of the molecule is Nc1nc2nc(CC3CCC3)[nH]c2c(=O)[nH]1. The van der Waals surface area contributed by atoms with Gasteiger partial charge in [0.15, 0.2) is 11.2 Å². The fourth-order valence-corrected chi connectivity index (χ4v) is 2.04. The Morgan fingerprint density at radius 1 is 1.31 bits per heavy atom. The van der Waals surface area contributed by atoms with Crippen molar-refractivity contribution in [1.82, 2.24) is 19.9 Å². The van der Waals surface area contributed by atoms with Crippen molar-refractivity contribution < 1.29 is 0 Å². The maximum atomic E-state index is 11.5. The first kappa shape index (κ1) is 9.38. The number of aromatic nitrogens is 4. The Balaban J connectivity index is 2.01. The van der Waals surface area contributed by atoms with Gasteiger partial charge in [-0.05, 0) is 5.92 Å². The minimum absolute atomic E-state index is 0.110. The number of nitrogens with two attached hydrogens (primary N) is 1. The highest BCUT2D eigenvalue weighted by Gasteiger charge is 2.20. The van der Waals surface area contributed by atoms with E-state index in [1.54, 1.807) is 0 Å². The van der Waals surface area contributed by atoms with Crippen molar-refractivity contribution in [1.29, 1.82) is 0 Å². The van der Waals surface area contributed by atoms with Crippen molar-refractivity contribution in [3.8, 4) is 0 Å². The van der Waals surface area contributed by atoms with Crippen LogP contribution in [0.15, 0.2) is 4.79 Å². The molecule has 2 heterocycles. The van der Waals surface area contributed by atoms with Gasteiger partial charge in [-0.3, -0.25) is 9.78 Å². The summed E-state index contributed by atoms with van der Waals surface area (Å²) in [5.41, 5.74) is 6.03. The van der Waals surface area contributed by atoms with E-state index >= 15 is 0 Å². The second kappa shape index (κ2) is 3.33. The molecule has 0 bridgehead atoms. The number of nitrogen functional groups attached to an aromatic ring is 1. The summed E-state index contributed by atoms with van der Waals surface area (Å²) in [6.45, 7) is 0. The number of imidazole rings is 1. The first-order valence-corrected chi connectivity index (χ1v) is 5.47. The topological polar surface area (TPSA) is 100 Å². The van der Waals surface area contributed by atoms with Gasteiger partial charge in [0.1, 0.15) is 5.82 Å². The second-order valence-electron chi connectivity index (χ2n) is 4.33. The van der Waals surface area contributed by atoms with Gasteiger partial charge in [-0.15, -0.1) is 0 Å². The van der Waals surface area contributed by atoms with Gasteiger partial charge in [-0.25, -0.2) is 4.98 Å². The van der Waals surface area contributed by atoms with E-state index in [-0.39, 0.29) is 11.5 Å². The van der Waals surface area contributed by atoms with Crippen LogP contribution in [-0.4, -0.2) is 19.9 Å². The van der Waals surface area contributed by atoms with E-state index in [4.69, 9.17) is 5.73 Å². The minimum atomic E-state index is -0.255. The highest BCUT2D eigenvalue weighted by atomic mass is 16.1. The molecule has 3 rings (SSSR count). The van der Waals surface area contributed by atoms with Crippen molar-refractivity contribution in [3.05, 3.63) is 16.2 Å². The molecule has 0 amide bonds. The Bertz CT molecular complexity index is 580. The molecule has 2 aromatic rings. The van der Waals surface area contributed by atoms with Crippen LogP contribution >= 0.6 is 0 Å². The molecule has 84 valence electrons. The summed E-state index contributed by atoms with van der Waals surface area (Å²) < 4.78 is 0. The van der Waals surface area contributed by atoms with Crippen molar-refractivity contribution in [3.63, 3.8) is 0 Å². The zero-order valence-corrected chi connectivity index (χ0v) is 8.79. The fraction of sp³-hybridized carbons (Fsp3) is 0.500. The number of rotatable bonds is 2. The van der Waals surface area contributed by atoms with Gasteiger partial charge in [-0.2, -0.15) is 4.98 Å². The fourth-order valence-electron chi connectivity index (χ4n) is 2.04. The predicted molar refractivity (Wildman–Crippen MR) is 60.0 cm³/mol. The number of hydrogen-bond donors (Lipinski definition) is 3. The van der Waals surface area contributed by atoms with Crippen LogP contribution in [0.5, 0.6) is 0 Å². The second-order valence-corrected chi connectivity index (χ2v) is 4.33. The molecule has 6 nitrogen and oxygen atoms in total. The Morgan fingerprint density at radius 2 is 2.12 bits per heavy atom. The van der Waals surface area contributed by atoms with Crippen LogP contribution in [0.1, 0.15) is 25.1 Å². The number of nitrogens with zero attached hydrogens (tertiary/aromatic N) is 2. The van der Waals surface area contributed by atoms with Gasteiger partial charge < -0.3 is 10.7 Å². The molecular formula is C10H13N5O. The molecule has 0 aliphatic heterocycles. The Labute approximate surface area is 91.3 Å². The van der Waals surface area contributed by atoms with E-state index in [1.165, 1.54) is 19.3 Å². The average molecular weight is 219 g/mol. The summed E-state index contributed by atoms with van der Waals surface area (Å²) in [4.78, 5) is 25.3. The lowest BCUT2D eigenvalue weighted by molar-refractivity contribution is 0.310. The lowest BCUT2D eigenvalue weighted by Crippen LogP contribution is -2.14. The van der Waals surface area contributed by atoms with E-state index in [0.717, 1.165) is 12.2 Å². The molecule has 0 spiro atoms. The summed E-state index contributed by atoms with van der Waals surface area (Å²) in [7, 11) is 0. The van der Waals surface area contributed by atoms with Gasteiger partial charge in [0, 0.05) is 6.42 Å². The standard InChI is InChI=1S/C10H13N5O/c11-10-14-8-7(9(16)15-10)12-6(13-8)4-5-2-1-3-5/h5H,1-4H2,(H4,11,12,13,14,15,16). The molecule has 0 radical (unpaired) electrons. The van der Waals surface area contributed by atoms with Crippen LogP contribution in [0, 0.1) is 5.92 Å². The van der Waals surface area contributed by atoms with Crippen molar-refractivity contribution >= 4 is 17.1 Å². The quantitative estimate of drug-likeness (QED) is 0.687. The van der Waals surface area contributed by atoms with Crippen LogP contribution in [-0.2, 0) is 6.42 Å². The highest BCUT2D eigenvalue weighted by Crippen LogP contribution is 2.29. The van der Waals surface area contributed by atoms with Crippen LogP contribution in [0.25, 0.3) is 11.2 Å². The van der Waals surface area contributed by atoms with Crippen molar-refractivity contribution in [2.75, 3.05) is 5.73 Å². The summed E-state index contributed by atoms with van der Waals surface area (Å²) >= 11 is 0. The van der Waals surface area contributed by atoms with Gasteiger partial charge in [-0.1, -0.05) is 19.3 Å². The molecule has 1 saturated carbocycles. The third kappa shape index (κ3) is 1.46. The van der Waals surface area contributed by atoms with Crippen LogP contribution < -0.4 is 11.3 Å². The lowest BCUT2D eigenvalue weighted by Gasteiger charge is -2.23. The van der Waals surface area contributed by atoms with Crippen molar-refractivity contribution in [2.45, 2.75) is 25.7 Å². The summed E-state index contributed by atoms with van der Waals surface area (Å²) in [5.74, 6) is 1.65. The molecule has 1 aliphatic rings. The molecule has 1 fully saturated rings. The summed E-state index contributed by atoms with van der Waals surface area (Å²) in [5, 5.41) is 0. The van der Waals surface area contributed by atoms with Gasteiger partial charge in [0.2, 0.25) is 5.95 Å². The van der Waals surface area contributed by atoms with Crippen LogP contribution in [0.3, 0.4) is 0 Å². The Kier molecular flexibility index (Phi) is 1.95. The molecule has 0 unspecified atom stereocenters. The first-order valence-electron chi connectivity index (χ1n) is 5.47. The maximum absolute atomic E-state index is 11.5. The zero-order valence-electron chi connectivity index (χ0n) is 8.79. The molecular weight excluding hydrogens is 206 g/mol. The van der Waals surface area contributed by atoms with Crippen molar-refractivity contribution in [2.24, 2.45) is 5.92 Å². The number of H-pyrrole nitrogens is 2. The molecule has 0 saturated heterocycles. The third-order valence-electron chi connectivity index (χ3n) is 3.14. The monoisotopic (exact) mass is 219 g/mol. The molecule has 4 N–H and O–H groups in total. The van der Waals surface area contributed by atoms with E-state index in [9.17, 15) is 4.79 Å². The van der Waals surface area contributed by atoms with Crippen LogP contribution in [0.4, 0.5) is 5.95 Å². The zero-order chi connectivity index (χ0) is 11.1. The summed E-state index contributed by atoms with van der Waals surface area (Å²) in [6.07, 6.45) is 4.71. The third-order valence-corrected chi connectivity index (χ3v) is 3.14. The molecule has 0 aromatic carbocycles. The largest absolute Gasteiger partial charge is 0.369 e. The smallest absolute Gasteiger partial charge is 0.278 e. The summed E-state index contributed by atoms with van der Waals surface area (Å²) in [6, 6.07) is 0. The number of nitrogens with one attached hydrogen (secondary N) is 2. The Morgan fingerprint density at radius 3 is 2.81 bits per heavy atom. The number of fused-ring (bicyclic) bond motifs is 1. The van der Waals surface area contributed by atoms with E-state index in [1.807, 2.05) is 0 Å². The van der Waals surface area contributed by atoms with Gasteiger partial charge in [0.05, 0.1) is 0 Å². The van der Waals surface area contributed by atoms with Gasteiger partial charge in [0.25, 0.3) is 5.56 Å². The number of hydrogen-bond acceptors (Lipinski definition) is 4. The van der Waals surface area contributed by atoms with Crippen LogP contribution in [0.2, 0.25) is 0 Å². The molecule has 2 aromatic heterocycles. The van der Waals surface area contributed by atoms with E-state index in [2.05, 4.69) is 19.9 Å². The maximum Gasteiger partial charge on any atom is 0.278 e. The lowest BCUT2D eigenvalue weighted by atomic mass is 9.83. The highest BCUT2D eigenvalue weighted by molar-refractivity contribution is 5.70.